The van der Waals surface area contributed by atoms with Crippen LogP contribution in [0.5, 0.6) is 0 Å². The minimum Gasteiger partial charge on any atom is -0.398 e. The Labute approximate surface area is 113 Å². The third-order valence-electron chi connectivity index (χ3n) is 2.26. The number of nitrogen functional groups attached to an aromatic ring is 1. The van der Waals surface area contributed by atoms with Crippen molar-refractivity contribution in [2.45, 2.75) is 9.79 Å². The first-order chi connectivity index (χ1) is 8.58. The van der Waals surface area contributed by atoms with E-state index >= 15 is 0 Å². The number of nitrogens with zero attached hydrogens (tertiary/aromatic N) is 1. The fourth-order valence-electron chi connectivity index (χ4n) is 1.41. The monoisotopic (exact) mass is 280 g/mol. The number of halogens is 1. The summed E-state index contributed by atoms with van der Waals surface area (Å²) in [6.07, 6.45) is 0. The molecule has 0 aliphatic carbocycles. The van der Waals surface area contributed by atoms with Crippen molar-refractivity contribution in [3.05, 3.63) is 57.6 Å². The van der Waals surface area contributed by atoms with Crippen LogP contribution in [0.3, 0.4) is 0 Å². The van der Waals surface area contributed by atoms with Crippen molar-refractivity contribution in [3.63, 3.8) is 0 Å². The maximum absolute atomic E-state index is 10.9. The Bertz CT molecular complexity index is 604. The van der Waals surface area contributed by atoms with Gasteiger partial charge in [-0.25, -0.2) is 0 Å². The molecule has 0 aliphatic rings. The molecule has 0 radical (unpaired) electrons. The Morgan fingerprint density at radius 2 is 1.89 bits per heavy atom. The summed E-state index contributed by atoms with van der Waals surface area (Å²) in [5.41, 5.74) is 6.41. The van der Waals surface area contributed by atoms with Gasteiger partial charge in [0.15, 0.2) is 0 Å². The zero-order valence-electron chi connectivity index (χ0n) is 9.17. The van der Waals surface area contributed by atoms with Crippen molar-refractivity contribution in [1.29, 1.82) is 0 Å². The molecule has 0 atom stereocenters. The third kappa shape index (κ3) is 2.75. The molecule has 18 heavy (non-hydrogen) atoms. The number of benzene rings is 2. The van der Waals surface area contributed by atoms with Gasteiger partial charge in [-0.05, 0) is 24.3 Å². The molecular formula is C12H9ClN2O2S. The SMILES string of the molecule is Nc1ccccc1Sc1cc(Cl)ccc1[N+](=O)[O-]. The standard InChI is InChI=1S/C12H9ClN2O2S/c13-8-5-6-10(15(16)17)12(7-8)18-11-4-2-1-3-9(11)14/h1-7H,14H2. The molecule has 4 nitrogen and oxygen atoms in total. The number of anilines is 1. The molecular weight excluding hydrogens is 272 g/mol. The van der Waals surface area contributed by atoms with Gasteiger partial charge < -0.3 is 5.73 Å². The Kier molecular flexibility index (Phi) is 3.74. The first-order valence-corrected chi connectivity index (χ1v) is 6.23. The van der Waals surface area contributed by atoms with Crippen LogP contribution in [-0.4, -0.2) is 4.92 Å². The first-order valence-electron chi connectivity index (χ1n) is 5.04. The summed E-state index contributed by atoms with van der Waals surface area (Å²) in [7, 11) is 0. The lowest BCUT2D eigenvalue weighted by Crippen LogP contribution is -1.92. The van der Waals surface area contributed by atoms with Crippen LogP contribution >= 0.6 is 23.4 Å². The fourth-order valence-corrected chi connectivity index (χ4v) is 2.65. The second kappa shape index (κ2) is 5.29. The number of para-hydroxylation sites is 1. The molecule has 0 saturated heterocycles. The van der Waals surface area contributed by atoms with Gasteiger partial charge in [-0.1, -0.05) is 35.5 Å². The van der Waals surface area contributed by atoms with E-state index in [1.165, 1.54) is 23.9 Å². The maximum Gasteiger partial charge on any atom is 0.283 e. The molecule has 0 aliphatic heterocycles. The van der Waals surface area contributed by atoms with Crippen LogP contribution in [0.15, 0.2) is 52.3 Å². The molecule has 0 fully saturated rings. The van der Waals surface area contributed by atoms with Gasteiger partial charge in [0.25, 0.3) is 5.69 Å². The molecule has 0 spiro atoms. The van der Waals surface area contributed by atoms with E-state index in [9.17, 15) is 10.1 Å². The van der Waals surface area contributed by atoms with E-state index in [2.05, 4.69) is 0 Å². The minimum atomic E-state index is -0.433. The second-order valence-electron chi connectivity index (χ2n) is 3.51. The Balaban J connectivity index is 2.42. The number of nitrogens with two attached hydrogens (primary N) is 1. The van der Waals surface area contributed by atoms with Crippen LogP contribution in [0.4, 0.5) is 11.4 Å². The molecule has 0 bridgehead atoms. The average molecular weight is 281 g/mol. The van der Waals surface area contributed by atoms with Crippen LogP contribution in [0.25, 0.3) is 0 Å². The van der Waals surface area contributed by atoms with Crippen LogP contribution in [0, 0.1) is 10.1 Å². The van der Waals surface area contributed by atoms with E-state index in [1.807, 2.05) is 18.2 Å². The number of hydrogen-bond donors (Lipinski definition) is 1. The highest BCUT2D eigenvalue weighted by atomic mass is 35.5. The number of rotatable bonds is 3. The van der Waals surface area contributed by atoms with Gasteiger partial charge in [-0.3, -0.25) is 10.1 Å². The summed E-state index contributed by atoms with van der Waals surface area (Å²) in [6.45, 7) is 0. The van der Waals surface area contributed by atoms with Crippen LogP contribution in [0.1, 0.15) is 0 Å². The molecule has 0 aromatic heterocycles. The molecule has 2 aromatic carbocycles. The van der Waals surface area contributed by atoms with Crippen LogP contribution in [0.2, 0.25) is 5.02 Å². The molecule has 0 heterocycles. The maximum atomic E-state index is 10.9. The summed E-state index contributed by atoms with van der Waals surface area (Å²) in [5, 5.41) is 11.4. The third-order valence-corrected chi connectivity index (χ3v) is 3.63. The fraction of sp³-hybridized carbons (Fsp3) is 0. The van der Waals surface area contributed by atoms with Crippen molar-refractivity contribution < 1.29 is 4.92 Å². The summed E-state index contributed by atoms with van der Waals surface area (Å²) < 4.78 is 0. The van der Waals surface area contributed by atoms with E-state index in [4.69, 9.17) is 17.3 Å². The van der Waals surface area contributed by atoms with Gasteiger partial charge in [0.2, 0.25) is 0 Å². The quantitative estimate of drug-likeness (QED) is 0.524. The first kappa shape index (κ1) is 12.7. The van der Waals surface area contributed by atoms with Gasteiger partial charge in [0.1, 0.15) is 0 Å². The number of nitro benzene ring substituents is 1. The molecule has 2 rings (SSSR count). The van der Waals surface area contributed by atoms with E-state index in [-0.39, 0.29) is 5.69 Å². The molecule has 92 valence electrons. The lowest BCUT2D eigenvalue weighted by molar-refractivity contribution is -0.387. The largest absolute Gasteiger partial charge is 0.398 e. The van der Waals surface area contributed by atoms with E-state index < -0.39 is 4.92 Å². The van der Waals surface area contributed by atoms with Crippen molar-refractivity contribution in [1.82, 2.24) is 0 Å². The lowest BCUT2D eigenvalue weighted by atomic mass is 10.3. The molecule has 0 saturated carbocycles. The normalized spacial score (nSPS) is 10.3. The highest BCUT2D eigenvalue weighted by Crippen LogP contribution is 2.38. The van der Waals surface area contributed by atoms with E-state index in [0.29, 0.717) is 15.6 Å². The second-order valence-corrected chi connectivity index (χ2v) is 5.03. The van der Waals surface area contributed by atoms with Crippen molar-refractivity contribution in [2.24, 2.45) is 0 Å². The molecule has 0 amide bonds. The summed E-state index contributed by atoms with van der Waals surface area (Å²) in [5.74, 6) is 0. The van der Waals surface area contributed by atoms with Crippen molar-refractivity contribution >= 4 is 34.7 Å². The summed E-state index contributed by atoms with van der Waals surface area (Å²) in [6, 6.07) is 11.7. The van der Waals surface area contributed by atoms with Gasteiger partial charge in [0.05, 0.1) is 9.82 Å². The Morgan fingerprint density at radius 1 is 1.17 bits per heavy atom. The van der Waals surface area contributed by atoms with Crippen LogP contribution in [-0.2, 0) is 0 Å². The highest BCUT2D eigenvalue weighted by Gasteiger charge is 2.15. The summed E-state index contributed by atoms with van der Waals surface area (Å²) in [4.78, 5) is 11.7. The molecule has 6 heteroatoms. The smallest absolute Gasteiger partial charge is 0.283 e. The average Bonchev–Trinajstić information content (AvgIpc) is 2.32. The molecule has 2 N–H and O–H groups in total. The van der Waals surface area contributed by atoms with Crippen molar-refractivity contribution in [3.8, 4) is 0 Å². The zero-order valence-corrected chi connectivity index (χ0v) is 10.7. The topological polar surface area (TPSA) is 69.2 Å². The van der Waals surface area contributed by atoms with Gasteiger partial charge in [-0.2, -0.15) is 0 Å². The Hall–Kier alpha value is -1.72. The Morgan fingerprint density at radius 3 is 2.56 bits per heavy atom. The molecule has 0 unspecified atom stereocenters. The van der Waals surface area contributed by atoms with Crippen LogP contribution < -0.4 is 5.73 Å². The van der Waals surface area contributed by atoms with Gasteiger partial charge in [-0.15, -0.1) is 0 Å². The minimum absolute atomic E-state index is 0.0210. The molecule has 2 aromatic rings. The lowest BCUT2D eigenvalue weighted by Gasteiger charge is -2.06. The predicted octanol–water partition coefficient (Wildman–Crippen LogP) is 3.98. The van der Waals surface area contributed by atoms with E-state index in [1.54, 1.807) is 12.1 Å². The summed E-state index contributed by atoms with van der Waals surface area (Å²) >= 11 is 7.09. The highest BCUT2D eigenvalue weighted by molar-refractivity contribution is 7.99. The predicted molar refractivity (Wildman–Crippen MR) is 73.1 cm³/mol. The zero-order chi connectivity index (χ0) is 13.1. The van der Waals surface area contributed by atoms with Crippen molar-refractivity contribution in [2.75, 3.05) is 5.73 Å². The van der Waals surface area contributed by atoms with E-state index in [0.717, 1.165) is 4.90 Å². The number of hydrogen-bond acceptors (Lipinski definition) is 4. The number of nitro groups is 1. The van der Waals surface area contributed by atoms with Gasteiger partial charge >= 0.3 is 0 Å². The van der Waals surface area contributed by atoms with Gasteiger partial charge in [0, 0.05) is 21.7 Å².